The Morgan fingerprint density at radius 2 is 2.00 bits per heavy atom. The van der Waals surface area contributed by atoms with Crippen molar-refractivity contribution in [2.24, 2.45) is 10.9 Å². The lowest BCUT2D eigenvalue weighted by Gasteiger charge is -2.15. The van der Waals surface area contributed by atoms with Gasteiger partial charge in [0.15, 0.2) is 5.78 Å². The number of benzene rings is 1. The van der Waals surface area contributed by atoms with E-state index in [4.69, 9.17) is 0 Å². The van der Waals surface area contributed by atoms with Crippen molar-refractivity contribution in [2.45, 2.75) is 13.3 Å². The Bertz CT molecular complexity index is 500. The van der Waals surface area contributed by atoms with Gasteiger partial charge in [-0.25, -0.2) is 4.99 Å². The maximum Gasteiger partial charge on any atom is 0.249 e. The van der Waals surface area contributed by atoms with E-state index in [1.807, 2.05) is 25.1 Å². The molecule has 3 heteroatoms. The molecule has 0 aliphatic carbocycles. The summed E-state index contributed by atoms with van der Waals surface area (Å²) in [5, 5.41) is 0. The van der Waals surface area contributed by atoms with Crippen LogP contribution in [0.25, 0.3) is 0 Å². The van der Waals surface area contributed by atoms with Crippen LogP contribution >= 0.6 is 0 Å². The highest BCUT2D eigenvalue weighted by Crippen LogP contribution is 2.21. The maximum atomic E-state index is 12.2. The largest absolute Gasteiger partial charge is 0.294 e. The van der Waals surface area contributed by atoms with Crippen LogP contribution in [0, 0.1) is 5.92 Å². The molecule has 0 fully saturated rings. The Kier molecular flexibility index (Phi) is 3.28. The third-order valence-electron chi connectivity index (χ3n) is 2.87. The number of allylic oxidation sites excluding steroid dienone is 1. The molecule has 0 N–H and O–H groups in total. The van der Waals surface area contributed by atoms with E-state index in [1.165, 1.54) is 6.21 Å². The number of hydrogen-bond acceptors (Lipinski definition) is 2. The maximum absolute atomic E-state index is 12.2. The second kappa shape index (κ2) is 4.87. The number of rotatable bonds is 3. The topological polar surface area (TPSA) is 46.5 Å². The molecule has 86 valence electrons. The quantitative estimate of drug-likeness (QED) is 0.744. The molecule has 3 nitrogen and oxygen atoms in total. The number of amides is 1. The third kappa shape index (κ3) is 2.56. The number of Topliss-reactive ketones (excluding diaryl/α,β-unsaturated/α-hetero) is 1. The summed E-state index contributed by atoms with van der Waals surface area (Å²) in [4.78, 5) is 27.0. The van der Waals surface area contributed by atoms with Crippen molar-refractivity contribution in [3.8, 4) is 0 Å². The molecule has 17 heavy (non-hydrogen) atoms. The average Bonchev–Trinajstić information content (AvgIpc) is 2.38. The van der Waals surface area contributed by atoms with E-state index < -0.39 is 0 Å². The number of nitrogens with zero attached hydrogens (tertiary/aromatic N) is 1. The van der Waals surface area contributed by atoms with Crippen LogP contribution in [0.1, 0.15) is 23.7 Å². The second-order valence-electron chi connectivity index (χ2n) is 4.04. The molecule has 1 aliphatic heterocycles. The summed E-state index contributed by atoms with van der Waals surface area (Å²) in [5.74, 6) is -0.414. The first-order valence-corrected chi connectivity index (χ1v) is 5.53. The Hall–Kier alpha value is -2.03. The molecule has 0 radical (unpaired) electrons. The van der Waals surface area contributed by atoms with Gasteiger partial charge in [0.05, 0.1) is 6.42 Å². The second-order valence-corrected chi connectivity index (χ2v) is 4.04. The monoisotopic (exact) mass is 227 g/mol. The minimum atomic E-state index is -0.270. The molecule has 1 aromatic carbocycles. The van der Waals surface area contributed by atoms with E-state index in [9.17, 15) is 9.59 Å². The summed E-state index contributed by atoms with van der Waals surface area (Å²) in [6.45, 7) is 1.83. The fourth-order valence-electron chi connectivity index (χ4n) is 1.81. The molecular weight excluding hydrogens is 214 g/mol. The smallest absolute Gasteiger partial charge is 0.249 e. The predicted molar refractivity (Wildman–Crippen MR) is 66.1 cm³/mol. The minimum Gasteiger partial charge on any atom is -0.294 e. The molecular formula is C14H13NO2. The van der Waals surface area contributed by atoms with E-state index in [0.717, 1.165) is 5.57 Å². The molecule has 1 atom stereocenters. The van der Waals surface area contributed by atoms with E-state index in [-0.39, 0.29) is 24.0 Å². The summed E-state index contributed by atoms with van der Waals surface area (Å²) in [7, 11) is 0. The Labute approximate surface area is 99.9 Å². The zero-order chi connectivity index (χ0) is 12.3. The molecule has 1 heterocycles. The van der Waals surface area contributed by atoms with Crippen LogP contribution in [-0.2, 0) is 4.79 Å². The van der Waals surface area contributed by atoms with E-state index in [1.54, 1.807) is 18.2 Å². The van der Waals surface area contributed by atoms with Gasteiger partial charge in [-0.1, -0.05) is 37.3 Å². The van der Waals surface area contributed by atoms with Crippen molar-refractivity contribution < 1.29 is 9.59 Å². The van der Waals surface area contributed by atoms with Gasteiger partial charge in [-0.15, -0.1) is 0 Å². The van der Waals surface area contributed by atoms with Crippen molar-refractivity contribution >= 4 is 17.9 Å². The molecule has 2 rings (SSSR count). The molecule has 0 bridgehead atoms. The number of hydrogen-bond donors (Lipinski definition) is 0. The molecule has 0 spiro atoms. The standard InChI is InChI=1S/C14H13NO2/c1-10(12-7-8-15-13(16)9-12)14(17)11-5-3-2-4-6-11/h2-8,10H,9H2,1H3. The van der Waals surface area contributed by atoms with Crippen LogP contribution < -0.4 is 0 Å². The number of dihydropyridines is 1. The molecule has 1 unspecified atom stereocenters. The summed E-state index contributed by atoms with van der Waals surface area (Å²) in [5.41, 5.74) is 1.51. The summed E-state index contributed by atoms with van der Waals surface area (Å²) < 4.78 is 0. The molecule has 0 saturated heterocycles. The van der Waals surface area contributed by atoms with Gasteiger partial charge >= 0.3 is 0 Å². The highest BCUT2D eigenvalue weighted by Gasteiger charge is 2.21. The molecule has 1 aromatic rings. The van der Waals surface area contributed by atoms with Crippen molar-refractivity contribution in [2.75, 3.05) is 0 Å². The minimum absolute atomic E-state index is 0.0416. The van der Waals surface area contributed by atoms with Crippen molar-refractivity contribution in [3.63, 3.8) is 0 Å². The fraction of sp³-hybridized carbons (Fsp3) is 0.214. The predicted octanol–water partition coefficient (Wildman–Crippen LogP) is 2.43. The molecule has 1 aliphatic rings. The van der Waals surface area contributed by atoms with E-state index in [2.05, 4.69) is 4.99 Å². The Balaban J connectivity index is 2.18. The lowest BCUT2D eigenvalue weighted by Crippen LogP contribution is -2.17. The number of ketones is 1. The normalized spacial score (nSPS) is 16.5. The lowest BCUT2D eigenvalue weighted by atomic mass is 9.89. The summed E-state index contributed by atoms with van der Waals surface area (Å²) in [6.07, 6.45) is 3.47. The number of carbonyl (C=O) groups is 2. The average molecular weight is 227 g/mol. The van der Waals surface area contributed by atoms with Crippen LogP contribution in [0.2, 0.25) is 0 Å². The molecule has 0 saturated carbocycles. The summed E-state index contributed by atoms with van der Waals surface area (Å²) in [6, 6.07) is 9.12. The third-order valence-corrected chi connectivity index (χ3v) is 2.87. The Morgan fingerprint density at radius 1 is 1.29 bits per heavy atom. The van der Waals surface area contributed by atoms with Crippen LogP contribution in [0.5, 0.6) is 0 Å². The van der Waals surface area contributed by atoms with Gasteiger partial charge in [0.25, 0.3) is 0 Å². The van der Waals surface area contributed by atoms with Crippen molar-refractivity contribution in [1.29, 1.82) is 0 Å². The lowest BCUT2D eigenvalue weighted by molar-refractivity contribution is -0.117. The van der Waals surface area contributed by atoms with Gasteiger partial charge in [0.1, 0.15) is 0 Å². The van der Waals surface area contributed by atoms with Gasteiger partial charge in [0, 0.05) is 17.7 Å². The van der Waals surface area contributed by atoms with Crippen LogP contribution in [0.3, 0.4) is 0 Å². The highest BCUT2D eigenvalue weighted by molar-refractivity contribution is 6.02. The zero-order valence-electron chi connectivity index (χ0n) is 9.59. The van der Waals surface area contributed by atoms with Gasteiger partial charge in [-0.05, 0) is 11.6 Å². The first-order chi connectivity index (χ1) is 8.18. The number of aliphatic imine (C=N–C) groups is 1. The molecule has 0 aromatic heterocycles. The SMILES string of the molecule is CC(C(=O)c1ccccc1)C1=CC=NC(=O)C1. The molecule has 1 amide bonds. The van der Waals surface area contributed by atoms with E-state index >= 15 is 0 Å². The van der Waals surface area contributed by atoms with Crippen molar-refractivity contribution in [3.05, 3.63) is 47.5 Å². The van der Waals surface area contributed by atoms with Gasteiger partial charge in [0.2, 0.25) is 5.91 Å². The van der Waals surface area contributed by atoms with Gasteiger partial charge in [-0.2, -0.15) is 0 Å². The van der Waals surface area contributed by atoms with Crippen molar-refractivity contribution in [1.82, 2.24) is 0 Å². The van der Waals surface area contributed by atoms with Crippen LogP contribution in [-0.4, -0.2) is 17.9 Å². The number of carbonyl (C=O) groups excluding carboxylic acids is 2. The Morgan fingerprint density at radius 3 is 2.65 bits per heavy atom. The first-order valence-electron chi connectivity index (χ1n) is 5.53. The van der Waals surface area contributed by atoms with Gasteiger partial charge < -0.3 is 0 Å². The zero-order valence-corrected chi connectivity index (χ0v) is 9.59. The highest BCUT2D eigenvalue weighted by atomic mass is 16.1. The van der Waals surface area contributed by atoms with E-state index in [0.29, 0.717) is 5.56 Å². The fourth-order valence-corrected chi connectivity index (χ4v) is 1.81. The van der Waals surface area contributed by atoms with Crippen LogP contribution in [0.15, 0.2) is 47.0 Å². The van der Waals surface area contributed by atoms with Crippen LogP contribution in [0.4, 0.5) is 0 Å². The summed E-state index contributed by atoms with van der Waals surface area (Å²) >= 11 is 0. The first kappa shape index (κ1) is 11.5. The van der Waals surface area contributed by atoms with Gasteiger partial charge in [-0.3, -0.25) is 9.59 Å².